The highest BCUT2D eigenvalue weighted by Crippen LogP contribution is 2.28. The summed E-state index contributed by atoms with van der Waals surface area (Å²) >= 11 is 0. The Balaban J connectivity index is 2.26. The average Bonchev–Trinajstić information content (AvgIpc) is 2.89. The van der Waals surface area contributed by atoms with Crippen molar-refractivity contribution in [3.8, 4) is 11.5 Å². The summed E-state index contributed by atoms with van der Waals surface area (Å²) in [6.07, 6.45) is 1.15. The predicted octanol–water partition coefficient (Wildman–Crippen LogP) is 3.01. The number of halogens is 1. The summed E-state index contributed by atoms with van der Waals surface area (Å²) in [5.74, 6) is 1.06. The lowest BCUT2D eigenvalue weighted by atomic mass is 9.89. The summed E-state index contributed by atoms with van der Waals surface area (Å²) in [6.45, 7) is 9.30. The molecule has 0 saturated carbocycles. The normalized spacial score (nSPS) is 14.4. The largest absolute Gasteiger partial charge is 0.339 e. The second-order valence-electron chi connectivity index (χ2n) is 5.43. The maximum Gasteiger partial charge on any atom is 0.231 e. The fourth-order valence-corrected chi connectivity index (χ4v) is 2.51. The molecule has 21 heavy (non-hydrogen) atoms. The van der Waals surface area contributed by atoms with Crippen LogP contribution in [0.15, 0.2) is 22.9 Å². The molecule has 0 aromatic carbocycles. The van der Waals surface area contributed by atoms with E-state index >= 15 is 0 Å². The zero-order valence-corrected chi connectivity index (χ0v) is 12.8. The Labute approximate surface area is 124 Å². The van der Waals surface area contributed by atoms with E-state index in [4.69, 9.17) is 4.52 Å². The first-order valence-corrected chi connectivity index (χ1v) is 7.21. The van der Waals surface area contributed by atoms with Gasteiger partial charge in [0.05, 0.1) is 12.1 Å². The topological polar surface area (TPSA) is 63.8 Å². The van der Waals surface area contributed by atoms with E-state index in [9.17, 15) is 4.39 Å². The minimum Gasteiger partial charge on any atom is -0.339 e. The van der Waals surface area contributed by atoms with Crippen molar-refractivity contribution in [3.63, 3.8) is 0 Å². The maximum absolute atomic E-state index is 12.9. The van der Waals surface area contributed by atoms with Crippen LogP contribution in [0.25, 0.3) is 11.5 Å². The molecule has 0 aliphatic rings. The Morgan fingerprint density at radius 2 is 2.05 bits per heavy atom. The molecule has 0 fully saturated rings. The van der Waals surface area contributed by atoms with E-state index in [0.29, 0.717) is 23.3 Å². The van der Waals surface area contributed by atoms with Crippen LogP contribution in [0, 0.1) is 11.7 Å². The summed E-state index contributed by atoms with van der Waals surface area (Å²) in [4.78, 5) is 8.40. The van der Waals surface area contributed by atoms with Crippen molar-refractivity contribution < 1.29 is 8.91 Å². The molecule has 6 heteroatoms. The smallest absolute Gasteiger partial charge is 0.231 e. The van der Waals surface area contributed by atoms with Crippen LogP contribution in [-0.2, 0) is 0 Å². The highest BCUT2D eigenvalue weighted by molar-refractivity contribution is 5.47. The van der Waals surface area contributed by atoms with Crippen LogP contribution in [0.2, 0.25) is 0 Å². The van der Waals surface area contributed by atoms with Gasteiger partial charge < -0.3 is 9.84 Å². The maximum atomic E-state index is 12.9. The lowest BCUT2D eigenvalue weighted by Gasteiger charge is -2.24. The molecule has 0 bridgehead atoms. The van der Waals surface area contributed by atoms with Crippen molar-refractivity contribution in [1.29, 1.82) is 0 Å². The molecule has 0 amide bonds. The van der Waals surface area contributed by atoms with Crippen LogP contribution in [0.3, 0.4) is 0 Å². The molecule has 2 rings (SSSR count). The van der Waals surface area contributed by atoms with E-state index in [1.807, 2.05) is 0 Å². The van der Waals surface area contributed by atoms with Crippen LogP contribution in [0.4, 0.5) is 4.39 Å². The van der Waals surface area contributed by atoms with Gasteiger partial charge >= 0.3 is 0 Å². The molecule has 0 aliphatic carbocycles. The number of aromatic nitrogens is 3. The van der Waals surface area contributed by atoms with Crippen molar-refractivity contribution in [2.75, 3.05) is 6.54 Å². The number of pyridine rings is 1. The Bertz CT molecular complexity index is 567. The molecular formula is C15H21FN4O. The van der Waals surface area contributed by atoms with Crippen molar-refractivity contribution in [1.82, 2.24) is 20.4 Å². The predicted molar refractivity (Wildman–Crippen MR) is 78.2 cm³/mol. The Morgan fingerprint density at radius 1 is 1.29 bits per heavy atom. The second kappa shape index (κ2) is 6.76. The van der Waals surface area contributed by atoms with E-state index in [1.54, 1.807) is 6.07 Å². The van der Waals surface area contributed by atoms with Crippen LogP contribution < -0.4 is 5.32 Å². The zero-order chi connectivity index (χ0) is 15.4. The monoisotopic (exact) mass is 292 g/mol. The minimum absolute atomic E-state index is 0.117. The van der Waals surface area contributed by atoms with Gasteiger partial charge in [0.15, 0.2) is 0 Å². The third-order valence-electron chi connectivity index (χ3n) is 3.47. The van der Waals surface area contributed by atoms with Gasteiger partial charge in [0.1, 0.15) is 11.5 Å². The quantitative estimate of drug-likeness (QED) is 0.886. The number of hydrogen-bond donors (Lipinski definition) is 1. The van der Waals surface area contributed by atoms with E-state index in [-0.39, 0.29) is 17.8 Å². The van der Waals surface area contributed by atoms with Crippen molar-refractivity contribution >= 4 is 0 Å². The molecular weight excluding hydrogens is 271 g/mol. The van der Waals surface area contributed by atoms with E-state index in [2.05, 4.69) is 48.1 Å². The molecule has 0 radical (unpaired) electrons. The summed E-state index contributed by atoms with van der Waals surface area (Å²) in [5.41, 5.74) is 0.505. The van der Waals surface area contributed by atoms with Gasteiger partial charge in [-0.25, -0.2) is 9.37 Å². The molecule has 5 nitrogen and oxygen atoms in total. The molecule has 0 spiro atoms. The van der Waals surface area contributed by atoms with Crippen LogP contribution in [0.5, 0.6) is 0 Å². The van der Waals surface area contributed by atoms with Crippen molar-refractivity contribution in [2.24, 2.45) is 5.92 Å². The molecule has 114 valence electrons. The standard InChI is InChI=1S/C15H21FN4O/c1-5-17-10(4)13(9(2)3)15-19-14(20-21-15)12-7-6-11(16)8-18-12/h6-10,13,17H,5H2,1-4H3. The second-order valence-corrected chi connectivity index (χ2v) is 5.43. The number of nitrogens with zero attached hydrogens (tertiary/aromatic N) is 3. The van der Waals surface area contributed by atoms with Gasteiger partial charge in [-0.1, -0.05) is 25.9 Å². The SMILES string of the molecule is CCNC(C)C(c1nc(-c2ccc(F)cn2)no1)C(C)C. The lowest BCUT2D eigenvalue weighted by molar-refractivity contribution is 0.281. The highest BCUT2D eigenvalue weighted by atomic mass is 19.1. The van der Waals surface area contributed by atoms with Crippen LogP contribution in [-0.4, -0.2) is 27.7 Å². The van der Waals surface area contributed by atoms with Gasteiger partial charge in [-0.2, -0.15) is 4.98 Å². The lowest BCUT2D eigenvalue weighted by Crippen LogP contribution is -2.34. The first-order valence-electron chi connectivity index (χ1n) is 7.21. The Hall–Kier alpha value is -1.82. The first kappa shape index (κ1) is 15.6. The fraction of sp³-hybridized carbons (Fsp3) is 0.533. The highest BCUT2D eigenvalue weighted by Gasteiger charge is 2.28. The summed E-state index contributed by atoms with van der Waals surface area (Å²) in [5, 5.41) is 7.35. The summed E-state index contributed by atoms with van der Waals surface area (Å²) in [6, 6.07) is 3.10. The number of rotatable bonds is 6. The number of nitrogens with one attached hydrogen (secondary N) is 1. The van der Waals surface area contributed by atoms with E-state index in [1.165, 1.54) is 6.07 Å². The molecule has 2 unspecified atom stereocenters. The van der Waals surface area contributed by atoms with Gasteiger partial charge in [0, 0.05) is 6.04 Å². The van der Waals surface area contributed by atoms with Gasteiger partial charge in [0.25, 0.3) is 0 Å². The van der Waals surface area contributed by atoms with Gasteiger partial charge in [-0.15, -0.1) is 0 Å². The molecule has 2 aromatic rings. The summed E-state index contributed by atoms with van der Waals surface area (Å²) < 4.78 is 18.3. The Morgan fingerprint density at radius 3 is 2.62 bits per heavy atom. The van der Waals surface area contributed by atoms with Gasteiger partial charge in [-0.05, 0) is 31.5 Å². The molecule has 1 N–H and O–H groups in total. The van der Waals surface area contributed by atoms with Crippen molar-refractivity contribution in [2.45, 2.75) is 39.7 Å². The molecule has 2 heterocycles. The van der Waals surface area contributed by atoms with Crippen molar-refractivity contribution in [3.05, 3.63) is 30.0 Å². The first-order chi connectivity index (χ1) is 10.0. The van der Waals surface area contributed by atoms with Gasteiger partial charge in [-0.3, -0.25) is 0 Å². The zero-order valence-electron chi connectivity index (χ0n) is 12.8. The summed E-state index contributed by atoms with van der Waals surface area (Å²) in [7, 11) is 0. The third-order valence-corrected chi connectivity index (χ3v) is 3.47. The molecule has 2 aromatic heterocycles. The molecule has 0 aliphatic heterocycles. The van der Waals surface area contributed by atoms with Gasteiger partial charge in [0.2, 0.25) is 11.7 Å². The van der Waals surface area contributed by atoms with Crippen LogP contribution >= 0.6 is 0 Å². The number of hydrogen-bond acceptors (Lipinski definition) is 5. The third kappa shape index (κ3) is 3.64. The fourth-order valence-electron chi connectivity index (χ4n) is 2.51. The Kier molecular flexibility index (Phi) is 5.01. The molecule has 2 atom stereocenters. The average molecular weight is 292 g/mol. The number of likely N-dealkylation sites (N-methyl/N-ethyl adjacent to an activating group) is 1. The van der Waals surface area contributed by atoms with E-state index in [0.717, 1.165) is 12.7 Å². The van der Waals surface area contributed by atoms with Crippen LogP contribution in [0.1, 0.15) is 39.5 Å². The van der Waals surface area contributed by atoms with E-state index < -0.39 is 0 Å². The minimum atomic E-state index is -0.386. The molecule has 0 saturated heterocycles.